The van der Waals surface area contributed by atoms with Gasteiger partial charge >= 0.3 is 5.97 Å². The molecule has 0 atom stereocenters. The average Bonchev–Trinajstić information content (AvgIpc) is 3.32. The number of fused-ring (bicyclic) bond motifs is 1. The lowest BCUT2D eigenvalue weighted by molar-refractivity contribution is -0.136. The first kappa shape index (κ1) is 20.1. The molecule has 30 heavy (non-hydrogen) atoms. The summed E-state index contributed by atoms with van der Waals surface area (Å²) >= 11 is 0. The summed E-state index contributed by atoms with van der Waals surface area (Å²) in [4.78, 5) is 27.6. The molecule has 2 aromatic carbocycles. The van der Waals surface area contributed by atoms with E-state index in [1.165, 1.54) is 18.4 Å². The van der Waals surface area contributed by atoms with E-state index in [-0.39, 0.29) is 24.4 Å². The molecule has 1 amide bonds. The van der Waals surface area contributed by atoms with Gasteiger partial charge in [0.05, 0.1) is 17.5 Å². The summed E-state index contributed by atoms with van der Waals surface area (Å²) in [5, 5.41) is 11.3. The van der Waals surface area contributed by atoms with Gasteiger partial charge in [-0.2, -0.15) is 0 Å². The van der Waals surface area contributed by atoms with Gasteiger partial charge in [-0.15, -0.1) is 0 Å². The first-order valence-electron chi connectivity index (χ1n) is 10.2. The highest BCUT2D eigenvalue weighted by Crippen LogP contribution is 2.37. The van der Waals surface area contributed by atoms with Gasteiger partial charge in [0.2, 0.25) is 0 Å². The van der Waals surface area contributed by atoms with Crippen LogP contribution >= 0.6 is 0 Å². The number of nitrogens with one attached hydrogen (secondary N) is 1. The van der Waals surface area contributed by atoms with Crippen LogP contribution in [0.4, 0.5) is 0 Å². The van der Waals surface area contributed by atoms with Crippen LogP contribution in [-0.2, 0) is 17.4 Å². The second-order valence-corrected chi connectivity index (χ2v) is 8.04. The van der Waals surface area contributed by atoms with Gasteiger partial charge < -0.3 is 20.7 Å². The van der Waals surface area contributed by atoms with Crippen molar-refractivity contribution in [1.29, 1.82) is 0 Å². The molecule has 0 unspecified atom stereocenters. The molecule has 4 rings (SSSR count). The summed E-state index contributed by atoms with van der Waals surface area (Å²) < 4.78 is 2.00. The smallest absolute Gasteiger partial charge is 0.305 e. The third kappa shape index (κ3) is 3.80. The molecule has 7 heteroatoms. The van der Waals surface area contributed by atoms with Crippen molar-refractivity contribution < 1.29 is 14.7 Å². The molecule has 4 N–H and O–H groups in total. The first-order valence-corrected chi connectivity index (χ1v) is 10.2. The van der Waals surface area contributed by atoms with Crippen molar-refractivity contribution in [2.45, 2.75) is 37.6 Å². The monoisotopic (exact) mass is 406 g/mol. The quantitative estimate of drug-likeness (QED) is 0.582. The Hall–Kier alpha value is -3.19. The molecule has 1 saturated carbocycles. The maximum Gasteiger partial charge on any atom is 0.305 e. The van der Waals surface area contributed by atoms with Gasteiger partial charge in [-0.25, -0.2) is 4.98 Å². The van der Waals surface area contributed by atoms with Crippen molar-refractivity contribution in [3.8, 4) is 11.4 Å². The van der Waals surface area contributed by atoms with Crippen LogP contribution in [0.3, 0.4) is 0 Å². The number of carbonyl (C=O) groups is 2. The largest absolute Gasteiger partial charge is 0.481 e. The van der Waals surface area contributed by atoms with Gasteiger partial charge in [0.1, 0.15) is 5.82 Å². The number of aryl methyl sites for hydroxylation is 1. The summed E-state index contributed by atoms with van der Waals surface area (Å²) in [5.41, 5.74) is 10.6. The van der Waals surface area contributed by atoms with Gasteiger partial charge in [0.25, 0.3) is 5.91 Å². The van der Waals surface area contributed by atoms with E-state index in [0.717, 1.165) is 29.7 Å². The maximum absolute atomic E-state index is 12.3. The molecule has 1 aliphatic rings. The average molecular weight is 406 g/mol. The van der Waals surface area contributed by atoms with Crippen molar-refractivity contribution >= 4 is 22.9 Å². The number of carboxylic acids is 1. The molecule has 1 aliphatic carbocycles. The zero-order valence-corrected chi connectivity index (χ0v) is 17.0. The standard InChI is InChI=1S/C23H26N4O3/c1-27-19-9-6-16(22(30)25-13-10-20(28)29)14-18(19)26-21(27)15-4-7-17(8-5-15)23(24)11-2-3-12-23/h4-9,14H,2-3,10-13,24H2,1H3,(H,25,30)(H,28,29). The minimum absolute atomic E-state index is 0.0919. The molecule has 1 fully saturated rings. The van der Waals surface area contributed by atoms with Crippen LogP contribution < -0.4 is 11.1 Å². The Morgan fingerprint density at radius 3 is 2.53 bits per heavy atom. The van der Waals surface area contributed by atoms with Gasteiger partial charge in [-0.1, -0.05) is 37.1 Å². The molecule has 0 bridgehead atoms. The van der Waals surface area contributed by atoms with Gasteiger partial charge in [-0.3, -0.25) is 9.59 Å². The Balaban J connectivity index is 1.58. The van der Waals surface area contributed by atoms with Crippen LogP contribution in [0.2, 0.25) is 0 Å². The van der Waals surface area contributed by atoms with Crippen molar-refractivity contribution in [2.75, 3.05) is 6.54 Å². The lowest BCUT2D eigenvalue weighted by Crippen LogP contribution is -2.32. The molecule has 0 radical (unpaired) electrons. The molecule has 0 aliphatic heterocycles. The fourth-order valence-corrected chi connectivity index (χ4v) is 4.23. The third-order valence-electron chi connectivity index (χ3n) is 5.98. The highest BCUT2D eigenvalue weighted by atomic mass is 16.4. The van der Waals surface area contributed by atoms with E-state index in [9.17, 15) is 9.59 Å². The van der Waals surface area contributed by atoms with Crippen LogP contribution in [0.5, 0.6) is 0 Å². The van der Waals surface area contributed by atoms with Gasteiger partial charge in [0.15, 0.2) is 0 Å². The Labute approximate surface area is 174 Å². The Bertz CT molecular complexity index is 1100. The number of hydrogen-bond donors (Lipinski definition) is 3. The number of carbonyl (C=O) groups excluding carboxylic acids is 1. The fourth-order valence-electron chi connectivity index (χ4n) is 4.23. The zero-order valence-electron chi connectivity index (χ0n) is 17.0. The lowest BCUT2D eigenvalue weighted by Gasteiger charge is -2.24. The summed E-state index contributed by atoms with van der Waals surface area (Å²) in [6, 6.07) is 13.6. The normalized spacial score (nSPS) is 15.4. The van der Waals surface area contributed by atoms with Crippen LogP contribution in [0.25, 0.3) is 22.4 Å². The fraction of sp³-hybridized carbons (Fsp3) is 0.348. The molecule has 7 nitrogen and oxygen atoms in total. The summed E-state index contributed by atoms with van der Waals surface area (Å²) in [7, 11) is 1.95. The molecule has 156 valence electrons. The topological polar surface area (TPSA) is 110 Å². The minimum atomic E-state index is -0.945. The number of amides is 1. The van der Waals surface area contributed by atoms with Gasteiger partial charge in [-0.05, 0) is 36.6 Å². The number of rotatable bonds is 6. The van der Waals surface area contributed by atoms with E-state index in [2.05, 4.69) is 29.6 Å². The zero-order chi connectivity index (χ0) is 21.3. The van der Waals surface area contributed by atoms with E-state index in [0.29, 0.717) is 11.1 Å². The number of nitrogens with zero attached hydrogens (tertiary/aromatic N) is 2. The third-order valence-corrected chi connectivity index (χ3v) is 5.98. The second-order valence-electron chi connectivity index (χ2n) is 8.04. The van der Waals surface area contributed by atoms with E-state index >= 15 is 0 Å². The summed E-state index contributed by atoms with van der Waals surface area (Å²) in [6.07, 6.45) is 4.29. The lowest BCUT2D eigenvalue weighted by atomic mass is 9.89. The van der Waals surface area contributed by atoms with Crippen LogP contribution in [-0.4, -0.2) is 33.1 Å². The number of nitrogens with two attached hydrogens (primary N) is 1. The highest BCUT2D eigenvalue weighted by molar-refractivity contribution is 5.98. The number of aromatic nitrogens is 2. The van der Waals surface area contributed by atoms with Crippen molar-refractivity contribution in [3.63, 3.8) is 0 Å². The molecule has 0 saturated heterocycles. The SMILES string of the molecule is Cn1c(-c2ccc(C3(N)CCCC3)cc2)nc2cc(C(=O)NCCC(=O)O)ccc21. The first-order chi connectivity index (χ1) is 14.4. The van der Waals surface area contributed by atoms with E-state index in [1.54, 1.807) is 12.1 Å². The van der Waals surface area contributed by atoms with E-state index < -0.39 is 5.97 Å². The number of aliphatic carboxylic acids is 1. The molecule has 3 aromatic rings. The van der Waals surface area contributed by atoms with Crippen molar-refractivity contribution in [3.05, 3.63) is 53.6 Å². The molecule has 1 aromatic heterocycles. The predicted octanol–water partition coefficient (Wildman–Crippen LogP) is 3.17. The minimum Gasteiger partial charge on any atom is -0.481 e. The summed E-state index contributed by atoms with van der Waals surface area (Å²) in [6.45, 7) is 0.0919. The Morgan fingerprint density at radius 2 is 1.87 bits per heavy atom. The van der Waals surface area contributed by atoms with Crippen LogP contribution in [0, 0.1) is 0 Å². The molecular weight excluding hydrogens is 380 g/mol. The number of imidazole rings is 1. The van der Waals surface area contributed by atoms with Crippen LogP contribution in [0.1, 0.15) is 48.0 Å². The van der Waals surface area contributed by atoms with Crippen molar-refractivity contribution in [2.24, 2.45) is 12.8 Å². The highest BCUT2D eigenvalue weighted by Gasteiger charge is 2.31. The molecular formula is C23H26N4O3. The second kappa shape index (κ2) is 7.91. The number of benzene rings is 2. The van der Waals surface area contributed by atoms with Gasteiger partial charge in [0, 0.05) is 30.3 Å². The van der Waals surface area contributed by atoms with Crippen LogP contribution in [0.15, 0.2) is 42.5 Å². The maximum atomic E-state index is 12.3. The number of hydrogen-bond acceptors (Lipinski definition) is 4. The summed E-state index contributed by atoms with van der Waals surface area (Å²) in [5.74, 6) is -0.434. The predicted molar refractivity (Wildman–Crippen MR) is 115 cm³/mol. The van der Waals surface area contributed by atoms with Crippen molar-refractivity contribution in [1.82, 2.24) is 14.9 Å². The van der Waals surface area contributed by atoms with E-state index in [4.69, 9.17) is 15.8 Å². The Kier molecular flexibility index (Phi) is 5.30. The van der Waals surface area contributed by atoms with E-state index in [1.807, 2.05) is 17.7 Å². The molecule has 0 spiro atoms. The Morgan fingerprint density at radius 1 is 1.17 bits per heavy atom. The molecule has 1 heterocycles. The number of carboxylic acid groups (broad SMARTS) is 1.